The first-order chi connectivity index (χ1) is 11.2. The number of nitrogens with zero attached hydrogens (tertiary/aromatic N) is 3. The van der Waals surface area contributed by atoms with Crippen LogP contribution in [0.4, 0.5) is 5.82 Å². The quantitative estimate of drug-likeness (QED) is 0.785. The molecular weight excluding hydrogens is 297 g/mol. The Balaban J connectivity index is 0.000000345. The molecule has 134 valence electrons. The van der Waals surface area contributed by atoms with E-state index in [4.69, 9.17) is 5.73 Å². The predicted molar refractivity (Wildman–Crippen MR) is 107 cm³/mol. The summed E-state index contributed by atoms with van der Waals surface area (Å²) < 4.78 is 0. The lowest BCUT2D eigenvalue weighted by molar-refractivity contribution is 0.192. The number of aryl methyl sites for hydroxylation is 1. The van der Waals surface area contributed by atoms with Crippen LogP contribution in [0.3, 0.4) is 0 Å². The number of rotatable bonds is 1. The Morgan fingerprint density at radius 3 is 2.00 bits per heavy atom. The summed E-state index contributed by atoms with van der Waals surface area (Å²) in [6.07, 6.45) is 10.7. The van der Waals surface area contributed by atoms with Gasteiger partial charge in [0.15, 0.2) is 0 Å². The van der Waals surface area contributed by atoms with E-state index < -0.39 is 0 Å². The molecule has 3 N–H and O–H groups in total. The maximum absolute atomic E-state index is 5.63. The lowest BCUT2D eigenvalue weighted by Crippen LogP contribution is -2.36. The minimum atomic E-state index is 0. The first-order valence-corrected chi connectivity index (χ1v) is 8.99. The zero-order chi connectivity index (χ0) is 17.1. The van der Waals surface area contributed by atoms with Gasteiger partial charge in [0, 0.05) is 14.6 Å². The highest BCUT2D eigenvalue weighted by molar-refractivity contribution is 5.88. The number of aromatic nitrogens is 3. The number of anilines is 1. The van der Waals surface area contributed by atoms with Crippen molar-refractivity contribution in [1.29, 1.82) is 0 Å². The molecule has 1 saturated carbocycles. The summed E-state index contributed by atoms with van der Waals surface area (Å²) in [4.78, 5) is 13.3. The van der Waals surface area contributed by atoms with Gasteiger partial charge in [-0.05, 0) is 38.5 Å². The van der Waals surface area contributed by atoms with Crippen molar-refractivity contribution in [2.24, 2.45) is 0 Å². The molecule has 4 rings (SSSR count). The van der Waals surface area contributed by atoms with Gasteiger partial charge in [-0.3, -0.25) is 0 Å². The third-order valence-electron chi connectivity index (χ3n) is 4.09. The average Bonchev–Trinajstić information content (AvgIpc) is 2.82. The van der Waals surface area contributed by atoms with Crippen molar-refractivity contribution in [3.8, 4) is 0 Å². The fourth-order valence-corrected chi connectivity index (χ4v) is 2.09. The standard InChI is InChI=1S/C7H8N4.C5H11N.C4H8.C2H6.BH/c1-4-2-9-7-5(4)6(8)10-3-11-7;1-2-6-4-3-5-6;1-2-4-3-1;1-2;/h2-3H,1H3,(H3,8,9,10,11);2-5H2,1H3;1-4H2;1-2H3;1H. The summed E-state index contributed by atoms with van der Waals surface area (Å²) >= 11 is 0. The van der Waals surface area contributed by atoms with E-state index in [0.717, 1.165) is 16.6 Å². The van der Waals surface area contributed by atoms with Gasteiger partial charge >= 0.3 is 0 Å². The average molecular weight is 331 g/mol. The lowest BCUT2D eigenvalue weighted by atomic mass is 10.0. The molecule has 2 aliphatic rings. The number of aromatic amines is 1. The van der Waals surface area contributed by atoms with Crippen LogP contribution in [0.5, 0.6) is 0 Å². The Bertz CT molecular complexity index is 541. The summed E-state index contributed by atoms with van der Waals surface area (Å²) in [6, 6.07) is 0. The van der Waals surface area contributed by atoms with Gasteiger partial charge in [0.25, 0.3) is 0 Å². The topological polar surface area (TPSA) is 70.8 Å². The van der Waals surface area contributed by atoms with Crippen LogP contribution in [0.15, 0.2) is 12.5 Å². The van der Waals surface area contributed by atoms with Crippen LogP contribution in [0.1, 0.15) is 58.4 Å². The Morgan fingerprint density at radius 2 is 1.67 bits per heavy atom. The highest BCUT2D eigenvalue weighted by Crippen LogP contribution is 2.18. The van der Waals surface area contributed by atoms with Crippen molar-refractivity contribution in [3.63, 3.8) is 0 Å². The molecule has 0 bridgehead atoms. The van der Waals surface area contributed by atoms with E-state index in [1.54, 1.807) is 0 Å². The van der Waals surface area contributed by atoms with Crippen molar-refractivity contribution in [1.82, 2.24) is 19.9 Å². The number of hydrogen-bond acceptors (Lipinski definition) is 4. The van der Waals surface area contributed by atoms with Gasteiger partial charge in [-0.15, -0.1) is 0 Å². The zero-order valence-electron chi connectivity index (χ0n) is 15.9. The minimum absolute atomic E-state index is 0. The van der Waals surface area contributed by atoms with Crippen LogP contribution >= 0.6 is 0 Å². The van der Waals surface area contributed by atoms with E-state index in [1.807, 2.05) is 27.0 Å². The maximum Gasteiger partial charge on any atom is 0.143 e. The molecule has 2 radical (unpaired) electrons. The number of nitrogens with two attached hydrogens (primary N) is 1. The van der Waals surface area contributed by atoms with E-state index in [1.165, 1.54) is 58.1 Å². The first kappa shape index (κ1) is 22.4. The van der Waals surface area contributed by atoms with Gasteiger partial charge in [0.2, 0.25) is 0 Å². The number of nitrogens with one attached hydrogen (secondary N) is 1. The van der Waals surface area contributed by atoms with Crippen LogP contribution in [0, 0.1) is 6.92 Å². The summed E-state index contributed by atoms with van der Waals surface area (Å²) in [5, 5.41) is 0.924. The Hall–Kier alpha value is -1.56. The largest absolute Gasteiger partial charge is 0.383 e. The van der Waals surface area contributed by atoms with Crippen LogP contribution in [-0.2, 0) is 0 Å². The normalized spacial score (nSPS) is 15.0. The fourth-order valence-electron chi connectivity index (χ4n) is 2.09. The molecule has 2 aromatic rings. The SMILES string of the molecule is C1CCC1.CC.CCN1CCC1.Cc1c[nH]c2ncnc(N)c12.[BH]. The first-order valence-electron chi connectivity index (χ1n) is 8.99. The van der Waals surface area contributed by atoms with E-state index in [-0.39, 0.29) is 8.41 Å². The molecular formula is C18H34BN5. The number of fused-ring (bicyclic) bond motifs is 1. The summed E-state index contributed by atoms with van der Waals surface area (Å²) in [6.45, 7) is 12.1. The molecule has 3 heterocycles. The molecule has 2 aromatic heterocycles. The number of H-pyrrole nitrogens is 1. The van der Waals surface area contributed by atoms with Gasteiger partial charge in [0.1, 0.15) is 17.8 Å². The van der Waals surface area contributed by atoms with Crippen LogP contribution in [-0.4, -0.2) is 47.9 Å². The van der Waals surface area contributed by atoms with Crippen molar-refractivity contribution in [2.75, 3.05) is 25.4 Å². The molecule has 0 aromatic carbocycles. The smallest absolute Gasteiger partial charge is 0.143 e. The summed E-state index contributed by atoms with van der Waals surface area (Å²) in [7, 11) is 0. The molecule has 0 amide bonds. The molecule has 6 heteroatoms. The zero-order valence-corrected chi connectivity index (χ0v) is 15.9. The monoisotopic (exact) mass is 331 g/mol. The van der Waals surface area contributed by atoms with E-state index in [0.29, 0.717) is 5.82 Å². The highest BCUT2D eigenvalue weighted by Gasteiger charge is 2.08. The second-order valence-corrected chi connectivity index (χ2v) is 5.66. The van der Waals surface area contributed by atoms with E-state index in [9.17, 15) is 0 Å². The van der Waals surface area contributed by atoms with Gasteiger partial charge in [-0.2, -0.15) is 0 Å². The Morgan fingerprint density at radius 1 is 1.08 bits per heavy atom. The maximum atomic E-state index is 5.63. The molecule has 24 heavy (non-hydrogen) atoms. The number of likely N-dealkylation sites (tertiary alicyclic amines) is 1. The fraction of sp³-hybridized carbons (Fsp3) is 0.667. The Kier molecular flexibility index (Phi) is 12.0. The molecule has 1 aliphatic carbocycles. The van der Waals surface area contributed by atoms with Crippen molar-refractivity contribution >= 4 is 25.3 Å². The van der Waals surface area contributed by atoms with Crippen molar-refractivity contribution in [3.05, 3.63) is 18.1 Å². The molecule has 0 unspecified atom stereocenters. The van der Waals surface area contributed by atoms with E-state index >= 15 is 0 Å². The van der Waals surface area contributed by atoms with Gasteiger partial charge < -0.3 is 15.6 Å². The number of nitrogen functional groups attached to an aromatic ring is 1. The predicted octanol–water partition coefficient (Wildman–Crippen LogP) is 3.50. The van der Waals surface area contributed by atoms with Crippen LogP contribution < -0.4 is 5.73 Å². The third-order valence-corrected chi connectivity index (χ3v) is 4.09. The summed E-state index contributed by atoms with van der Waals surface area (Å²) in [5.74, 6) is 0.536. The van der Waals surface area contributed by atoms with Gasteiger partial charge in [0.05, 0.1) is 5.39 Å². The molecule has 0 spiro atoms. The molecule has 1 saturated heterocycles. The van der Waals surface area contributed by atoms with Gasteiger partial charge in [-0.25, -0.2) is 9.97 Å². The van der Waals surface area contributed by atoms with Crippen LogP contribution in [0.25, 0.3) is 11.0 Å². The minimum Gasteiger partial charge on any atom is -0.383 e. The molecule has 0 atom stereocenters. The highest BCUT2D eigenvalue weighted by atomic mass is 15.2. The van der Waals surface area contributed by atoms with E-state index in [2.05, 4.69) is 26.8 Å². The van der Waals surface area contributed by atoms with Crippen LogP contribution in [0.2, 0.25) is 0 Å². The van der Waals surface area contributed by atoms with Gasteiger partial charge in [-0.1, -0.05) is 46.5 Å². The molecule has 1 aliphatic heterocycles. The number of hydrogen-bond donors (Lipinski definition) is 2. The lowest BCUT2D eigenvalue weighted by Gasteiger charge is -2.28. The summed E-state index contributed by atoms with van der Waals surface area (Å²) in [5.41, 5.74) is 7.51. The van der Waals surface area contributed by atoms with Crippen molar-refractivity contribution < 1.29 is 0 Å². The Labute approximate surface area is 149 Å². The van der Waals surface area contributed by atoms with Crippen molar-refractivity contribution in [2.45, 2.75) is 59.8 Å². The second kappa shape index (κ2) is 12.8. The molecule has 5 nitrogen and oxygen atoms in total. The third kappa shape index (κ3) is 6.91. The molecule has 2 fully saturated rings. The second-order valence-electron chi connectivity index (χ2n) is 5.66.